The van der Waals surface area contributed by atoms with Gasteiger partial charge in [0, 0.05) is 7.05 Å². The number of carbonyl (C=O) groups excluding carboxylic acids is 1. The number of aromatic nitrogens is 2. The van der Waals surface area contributed by atoms with Crippen LogP contribution in [0.5, 0.6) is 5.75 Å². The Kier molecular flexibility index (Phi) is 3.67. The summed E-state index contributed by atoms with van der Waals surface area (Å²) in [5.74, 6) is 0.410. The lowest BCUT2D eigenvalue weighted by Gasteiger charge is -2.10. The second-order valence-corrected chi connectivity index (χ2v) is 4.37. The van der Waals surface area contributed by atoms with Gasteiger partial charge in [0.05, 0.1) is 22.0 Å². The van der Waals surface area contributed by atoms with Crippen molar-refractivity contribution in [2.45, 2.75) is 13.5 Å². The summed E-state index contributed by atoms with van der Waals surface area (Å²) in [6.07, 6.45) is 0.732. The van der Waals surface area contributed by atoms with E-state index in [1.165, 1.54) is 0 Å². The lowest BCUT2D eigenvalue weighted by Crippen LogP contribution is -2.04. The average Bonchev–Trinajstić information content (AvgIpc) is 2.66. The molecule has 0 saturated heterocycles. The highest BCUT2D eigenvalue weighted by molar-refractivity contribution is 6.32. The molecule has 0 N–H and O–H groups in total. The van der Waals surface area contributed by atoms with Crippen LogP contribution in [0, 0.1) is 6.92 Å². The minimum absolute atomic E-state index is 0.321. The fourth-order valence-corrected chi connectivity index (χ4v) is 1.95. The fraction of sp³-hybridized carbons (Fsp3) is 0.231. The Labute approximate surface area is 110 Å². The third kappa shape index (κ3) is 2.54. The van der Waals surface area contributed by atoms with E-state index in [2.05, 4.69) is 5.10 Å². The van der Waals surface area contributed by atoms with Crippen LogP contribution < -0.4 is 4.74 Å². The molecule has 2 rings (SSSR count). The van der Waals surface area contributed by atoms with Gasteiger partial charge in [0.2, 0.25) is 0 Å². The maximum absolute atomic E-state index is 10.9. The van der Waals surface area contributed by atoms with Crippen LogP contribution in [0.3, 0.4) is 0 Å². The Balaban J connectivity index is 2.20. The summed E-state index contributed by atoms with van der Waals surface area (Å²) in [5, 5.41) is 4.65. The molecule has 0 fully saturated rings. The van der Waals surface area contributed by atoms with Gasteiger partial charge in [0.25, 0.3) is 0 Å². The molecule has 5 heteroatoms. The molecule has 1 aromatic heterocycles. The third-order valence-electron chi connectivity index (χ3n) is 2.59. The van der Waals surface area contributed by atoms with Crippen LogP contribution in [0.15, 0.2) is 24.3 Å². The predicted molar refractivity (Wildman–Crippen MR) is 69.1 cm³/mol. The fourth-order valence-electron chi connectivity index (χ4n) is 1.72. The lowest BCUT2D eigenvalue weighted by atomic mass is 10.2. The summed E-state index contributed by atoms with van der Waals surface area (Å²) in [6, 6.07) is 7.01. The number of benzene rings is 1. The molecule has 0 atom stereocenters. The number of nitrogens with zero attached hydrogens (tertiary/aromatic N) is 2. The number of hydrogen-bond acceptors (Lipinski definition) is 3. The van der Waals surface area contributed by atoms with Crippen molar-refractivity contribution in [2.24, 2.45) is 7.05 Å². The Morgan fingerprint density at radius 3 is 2.89 bits per heavy atom. The lowest BCUT2D eigenvalue weighted by molar-refractivity contribution is 0.111. The van der Waals surface area contributed by atoms with Gasteiger partial charge in [-0.15, -0.1) is 0 Å². The van der Waals surface area contributed by atoms with E-state index in [-0.39, 0.29) is 0 Å². The average molecular weight is 265 g/mol. The van der Waals surface area contributed by atoms with Crippen molar-refractivity contribution >= 4 is 17.9 Å². The normalized spacial score (nSPS) is 10.4. The van der Waals surface area contributed by atoms with E-state index < -0.39 is 0 Å². The predicted octanol–water partition coefficient (Wildman–Crippen LogP) is 2.77. The molecular weight excluding hydrogens is 252 g/mol. The van der Waals surface area contributed by atoms with Crippen molar-refractivity contribution in [1.82, 2.24) is 9.78 Å². The first-order chi connectivity index (χ1) is 8.61. The Hall–Kier alpha value is -1.81. The molecule has 18 heavy (non-hydrogen) atoms. The summed E-state index contributed by atoms with van der Waals surface area (Å²) in [6.45, 7) is 2.23. The molecule has 1 heterocycles. The summed E-state index contributed by atoms with van der Waals surface area (Å²) in [7, 11) is 1.85. The number of carbonyl (C=O) groups is 1. The largest absolute Gasteiger partial charge is 0.485 e. The zero-order chi connectivity index (χ0) is 13.1. The van der Waals surface area contributed by atoms with Crippen molar-refractivity contribution in [2.75, 3.05) is 0 Å². The topological polar surface area (TPSA) is 44.1 Å². The molecule has 94 valence electrons. The Morgan fingerprint density at radius 2 is 2.28 bits per heavy atom. The first kappa shape index (κ1) is 12.6. The first-order valence-corrected chi connectivity index (χ1v) is 5.85. The van der Waals surface area contributed by atoms with Crippen LogP contribution >= 0.6 is 11.6 Å². The van der Waals surface area contributed by atoms with Crippen LogP contribution in [-0.4, -0.2) is 16.1 Å². The molecule has 4 nitrogen and oxygen atoms in total. The molecule has 0 aliphatic heterocycles. The quantitative estimate of drug-likeness (QED) is 0.798. The second kappa shape index (κ2) is 5.23. The maximum Gasteiger partial charge on any atom is 0.153 e. The molecule has 2 aromatic rings. The highest BCUT2D eigenvalue weighted by Gasteiger charge is 2.09. The number of ether oxygens (including phenoxy) is 1. The standard InChI is InChI=1S/C13H13ClN2O2/c1-9-6-11(16(2)15-9)8-18-13-10(7-17)4-3-5-12(13)14/h3-7H,8H2,1-2H3. The van der Waals surface area contributed by atoms with Gasteiger partial charge in [-0.2, -0.15) is 5.10 Å². The van der Waals surface area contributed by atoms with E-state index in [0.29, 0.717) is 22.9 Å². The number of halogens is 1. The van der Waals surface area contributed by atoms with Crippen LogP contribution in [0.4, 0.5) is 0 Å². The molecule has 1 aromatic carbocycles. The van der Waals surface area contributed by atoms with Gasteiger partial charge in [-0.25, -0.2) is 0 Å². The molecule has 0 aliphatic carbocycles. The highest BCUT2D eigenvalue weighted by Crippen LogP contribution is 2.28. The van der Waals surface area contributed by atoms with E-state index >= 15 is 0 Å². The van der Waals surface area contributed by atoms with Crippen molar-refractivity contribution in [3.05, 3.63) is 46.2 Å². The van der Waals surface area contributed by atoms with E-state index in [4.69, 9.17) is 16.3 Å². The number of rotatable bonds is 4. The zero-order valence-corrected chi connectivity index (χ0v) is 10.9. The number of aldehydes is 1. The molecule has 0 spiro atoms. The smallest absolute Gasteiger partial charge is 0.153 e. The molecule has 0 aliphatic rings. The Morgan fingerprint density at radius 1 is 1.50 bits per heavy atom. The van der Waals surface area contributed by atoms with Crippen LogP contribution in [0.25, 0.3) is 0 Å². The van der Waals surface area contributed by atoms with Gasteiger partial charge in [0.1, 0.15) is 12.4 Å². The molecule has 0 saturated carbocycles. The third-order valence-corrected chi connectivity index (χ3v) is 2.89. The number of aryl methyl sites for hydroxylation is 2. The van der Waals surface area contributed by atoms with Crippen molar-refractivity contribution in [3.63, 3.8) is 0 Å². The molecule has 0 radical (unpaired) electrons. The van der Waals surface area contributed by atoms with Gasteiger partial charge in [-0.1, -0.05) is 17.7 Å². The van der Waals surface area contributed by atoms with Crippen LogP contribution in [-0.2, 0) is 13.7 Å². The van der Waals surface area contributed by atoms with Crippen LogP contribution in [0.1, 0.15) is 21.7 Å². The minimum Gasteiger partial charge on any atom is -0.485 e. The van der Waals surface area contributed by atoms with Crippen molar-refractivity contribution in [1.29, 1.82) is 0 Å². The van der Waals surface area contributed by atoms with Gasteiger partial charge in [-0.05, 0) is 25.1 Å². The van der Waals surface area contributed by atoms with Gasteiger partial charge in [0.15, 0.2) is 6.29 Å². The molecule has 0 unspecified atom stereocenters. The molecular formula is C13H13ClN2O2. The van der Waals surface area contributed by atoms with E-state index in [0.717, 1.165) is 17.7 Å². The van der Waals surface area contributed by atoms with E-state index in [1.54, 1.807) is 22.9 Å². The molecule has 0 amide bonds. The maximum atomic E-state index is 10.9. The van der Waals surface area contributed by atoms with E-state index in [9.17, 15) is 4.79 Å². The SMILES string of the molecule is Cc1cc(COc2c(Cl)cccc2C=O)n(C)n1. The minimum atomic E-state index is 0.321. The van der Waals surface area contributed by atoms with Crippen LogP contribution in [0.2, 0.25) is 5.02 Å². The number of hydrogen-bond donors (Lipinski definition) is 0. The summed E-state index contributed by atoms with van der Waals surface area (Å²) in [5.41, 5.74) is 2.29. The summed E-state index contributed by atoms with van der Waals surface area (Å²) < 4.78 is 7.36. The monoisotopic (exact) mass is 264 g/mol. The second-order valence-electron chi connectivity index (χ2n) is 3.97. The number of para-hydroxylation sites is 1. The Bertz CT molecular complexity index is 578. The first-order valence-electron chi connectivity index (χ1n) is 5.48. The van der Waals surface area contributed by atoms with Gasteiger partial charge < -0.3 is 4.74 Å². The summed E-state index contributed by atoms with van der Waals surface area (Å²) in [4.78, 5) is 10.9. The van der Waals surface area contributed by atoms with Gasteiger partial charge in [-0.3, -0.25) is 9.48 Å². The summed E-state index contributed by atoms with van der Waals surface area (Å²) >= 11 is 6.01. The zero-order valence-electron chi connectivity index (χ0n) is 10.2. The molecule has 0 bridgehead atoms. The highest BCUT2D eigenvalue weighted by atomic mass is 35.5. The van der Waals surface area contributed by atoms with Crippen molar-refractivity contribution < 1.29 is 9.53 Å². The van der Waals surface area contributed by atoms with Crippen molar-refractivity contribution in [3.8, 4) is 5.75 Å². The van der Waals surface area contributed by atoms with Gasteiger partial charge >= 0.3 is 0 Å². The van der Waals surface area contributed by atoms with E-state index in [1.807, 2.05) is 20.0 Å².